The molecule has 0 fully saturated rings. The van der Waals surface area contributed by atoms with Crippen molar-refractivity contribution in [2.45, 2.75) is 32.9 Å². The molecule has 0 saturated carbocycles. The Morgan fingerprint density at radius 2 is 1.93 bits per heavy atom. The molecule has 2 rings (SSSR count). The van der Waals surface area contributed by atoms with Crippen molar-refractivity contribution in [2.24, 2.45) is 5.92 Å². The number of aromatic nitrogens is 1. The van der Waals surface area contributed by atoms with Crippen LogP contribution in [0.4, 0.5) is 0 Å². The number of carbonyl (C=O) groups excluding carboxylic acids is 1. The van der Waals surface area contributed by atoms with Crippen molar-refractivity contribution in [3.05, 3.63) is 35.7 Å². The Morgan fingerprint density at radius 1 is 1.26 bits per heavy atom. The van der Waals surface area contributed by atoms with Crippen LogP contribution in [0.3, 0.4) is 0 Å². The summed E-state index contributed by atoms with van der Waals surface area (Å²) in [5.74, 6) is 0.508. The van der Waals surface area contributed by atoms with E-state index >= 15 is 0 Å². The molecule has 0 aliphatic heterocycles. The van der Waals surface area contributed by atoms with Crippen molar-refractivity contribution in [1.29, 1.82) is 0 Å². The summed E-state index contributed by atoms with van der Waals surface area (Å²) in [6.45, 7) is 6.21. The third kappa shape index (κ3) is 6.39. The number of amides is 1. The van der Waals surface area contributed by atoms with E-state index in [1.165, 1.54) is 0 Å². The van der Waals surface area contributed by atoms with Crippen LogP contribution in [0.2, 0.25) is 0 Å². The van der Waals surface area contributed by atoms with E-state index in [0.29, 0.717) is 41.1 Å². The van der Waals surface area contributed by atoms with Crippen molar-refractivity contribution >= 4 is 15.7 Å². The monoisotopic (exact) mass is 394 g/mol. The average molecular weight is 394 g/mol. The van der Waals surface area contributed by atoms with Gasteiger partial charge >= 0.3 is 0 Å². The molecule has 0 aliphatic carbocycles. The molecule has 1 aromatic heterocycles. The van der Waals surface area contributed by atoms with Crippen LogP contribution in [-0.2, 0) is 20.4 Å². The van der Waals surface area contributed by atoms with Gasteiger partial charge in [-0.05, 0) is 43.5 Å². The van der Waals surface area contributed by atoms with Gasteiger partial charge in [-0.1, -0.05) is 13.8 Å². The topological polar surface area (TPSA) is 98.5 Å². The minimum Gasteiger partial charge on any atom is -0.497 e. The van der Waals surface area contributed by atoms with Gasteiger partial charge in [-0.3, -0.25) is 4.79 Å². The molecular weight excluding hydrogens is 368 g/mol. The lowest BCUT2D eigenvalue weighted by atomic mass is 10.1. The summed E-state index contributed by atoms with van der Waals surface area (Å²) < 4.78 is 35.4. The first kappa shape index (κ1) is 21.0. The maximum absolute atomic E-state index is 12.3. The lowest BCUT2D eigenvalue weighted by Crippen LogP contribution is -2.32. The van der Waals surface area contributed by atoms with Crippen molar-refractivity contribution in [3.63, 3.8) is 0 Å². The zero-order chi connectivity index (χ0) is 20.0. The molecular formula is C19H26N2O5S. The van der Waals surface area contributed by atoms with Crippen LogP contribution in [0.15, 0.2) is 28.7 Å². The molecule has 0 unspecified atom stereocenters. The van der Waals surface area contributed by atoms with Crippen molar-refractivity contribution in [1.82, 2.24) is 10.3 Å². The summed E-state index contributed by atoms with van der Waals surface area (Å²) in [4.78, 5) is 16.2. The number of nitrogens with one attached hydrogen (secondary N) is 1. The van der Waals surface area contributed by atoms with E-state index < -0.39 is 21.5 Å². The highest BCUT2D eigenvalue weighted by Crippen LogP contribution is 2.25. The van der Waals surface area contributed by atoms with Gasteiger partial charge in [0.05, 0.1) is 18.6 Å². The van der Waals surface area contributed by atoms with E-state index in [2.05, 4.69) is 10.3 Å². The van der Waals surface area contributed by atoms with Crippen LogP contribution in [0.5, 0.6) is 5.75 Å². The van der Waals surface area contributed by atoms with Crippen LogP contribution < -0.4 is 10.1 Å². The number of sulfone groups is 1. The fraction of sp³-hybridized carbons (Fsp3) is 0.474. The van der Waals surface area contributed by atoms with Gasteiger partial charge in [-0.25, -0.2) is 13.4 Å². The normalized spacial score (nSPS) is 11.6. The molecule has 8 heteroatoms. The third-order valence-corrected chi connectivity index (χ3v) is 5.40. The van der Waals surface area contributed by atoms with Gasteiger partial charge in [-0.2, -0.15) is 0 Å². The minimum absolute atomic E-state index is 0.316. The van der Waals surface area contributed by atoms with E-state index in [9.17, 15) is 13.2 Å². The Labute approximate surface area is 160 Å². The number of nitrogens with zero attached hydrogens (tertiary/aromatic N) is 1. The van der Waals surface area contributed by atoms with Gasteiger partial charge in [0.15, 0.2) is 9.84 Å². The fourth-order valence-corrected chi connectivity index (χ4v) is 3.72. The molecule has 148 valence electrons. The molecule has 27 heavy (non-hydrogen) atoms. The number of ether oxygens (including phenoxy) is 1. The second kappa shape index (κ2) is 9.03. The molecule has 1 amide bonds. The van der Waals surface area contributed by atoms with Crippen LogP contribution in [0.1, 0.15) is 31.7 Å². The molecule has 0 atom stereocenters. The largest absolute Gasteiger partial charge is 0.497 e. The number of oxazole rings is 1. The summed E-state index contributed by atoms with van der Waals surface area (Å²) in [5, 5.41) is 2.64. The van der Waals surface area contributed by atoms with Crippen molar-refractivity contribution in [2.75, 3.05) is 19.4 Å². The number of benzene rings is 1. The Balaban J connectivity index is 2.03. The molecule has 0 spiro atoms. The van der Waals surface area contributed by atoms with E-state index in [-0.39, 0.29) is 5.75 Å². The molecule has 0 radical (unpaired) electrons. The first-order valence-corrected chi connectivity index (χ1v) is 10.6. The Bertz CT molecular complexity index is 870. The summed E-state index contributed by atoms with van der Waals surface area (Å²) in [7, 11) is -2.07. The lowest BCUT2D eigenvalue weighted by molar-refractivity contribution is -0.118. The molecule has 0 saturated heterocycles. The molecule has 1 heterocycles. The highest BCUT2D eigenvalue weighted by Gasteiger charge is 2.22. The van der Waals surface area contributed by atoms with Gasteiger partial charge in [0.2, 0.25) is 11.8 Å². The number of hydrogen-bond donors (Lipinski definition) is 1. The van der Waals surface area contributed by atoms with Crippen LogP contribution in [-0.4, -0.2) is 38.7 Å². The Morgan fingerprint density at radius 3 is 2.52 bits per heavy atom. The van der Waals surface area contributed by atoms with Gasteiger partial charge in [0, 0.05) is 12.1 Å². The predicted molar refractivity (Wildman–Crippen MR) is 103 cm³/mol. The van der Waals surface area contributed by atoms with Gasteiger partial charge < -0.3 is 14.5 Å². The number of rotatable bonds is 9. The fourth-order valence-electron chi connectivity index (χ4n) is 2.43. The van der Waals surface area contributed by atoms with E-state index in [0.717, 1.165) is 6.42 Å². The van der Waals surface area contributed by atoms with Crippen molar-refractivity contribution < 1.29 is 22.4 Å². The Hall–Kier alpha value is -2.35. The standard InChI is InChI=1S/C19H26N2O5S/c1-13(2)9-10-20-18(22)12-27(23,24)11-17-14(3)26-19(21-17)15-5-7-16(25-4)8-6-15/h5-8,13H,9-12H2,1-4H3,(H,20,22). The predicted octanol–water partition coefficient (Wildman–Crippen LogP) is 2.74. The maximum atomic E-state index is 12.3. The number of aryl methyl sites for hydroxylation is 1. The minimum atomic E-state index is -3.64. The number of carbonyl (C=O) groups is 1. The van der Waals surface area contributed by atoms with Gasteiger partial charge in [0.1, 0.15) is 17.3 Å². The molecule has 0 aliphatic rings. The molecule has 7 nitrogen and oxygen atoms in total. The average Bonchev–Trinajstić information content (AvgIpc) is 2.94. The van der Waals surface area contributed by atoms with E-state index in [1.807, 2.05) is 13.8 Å². The summed E-state index contributed by atoms with van der Waals surface area (Å²) in [6.07, 6.45) is 0.805. The molecule has 1 aromatic carbocycles. The van der Waals surface area contributed by atoms with Crippen LogP contribution >= 0.6 is 0 Å². The maximum Gasteiger partial charge on any atom is 0.235 e. The number of methoxy groups -OCH3 is 1. The van der Waals surface area contributed by atoms with Crippen molar-refractivity contribution in [3.8, 4) is 17.2 Å². The van der Waals surface area contributed by atoms with Crippen LogP contribution in [0.25, 0.3) is 11.5 Å². The van der Waals surface area contributed by atoms with Gasteiger partial charge in [0.25, 0.3) is 0 Å². The molecule has 0 bridgehead atoms. The quantitative estimate of drug-likeness (QED) is 0.702. The Kier molecular flexibility index (Phi) is 7.01. The lowest BCUT2D eigenvalue weighted by Gasteiger charge is -2.07. The molecule has 2 aromatic rings. The second-order valence-electron chi connectivity index (χ2n) is 6.82. The highest BCUT2D eigenvalue weighted by molar-refractivity contribution is 7.91. The highest BCUT2D eigenvalue weighted by atomic mass is 32.2. The summed E-state index contributed by atoms with van der Waals surface area (Å²) in [5.41, 5.74) is 1.03. The molecule has 1 N–H and O–H groups in total. The van der Waals surface area contributed by atoms with E-state index in [1.54, 1.807) is 38.3 Å². The zero-order valence-electron chi connectivity index (χ0n) is 16.1. The summed E-state index contributed by atoms with van der Waals surface area (Å²) in [6, 6.07) is 7.11. The van der Waals surface area contributed by atoms with E-state index in [4.69, 9.17) is 9.15 Å². The smallest absolute Gasteiger partial charge is 0.235 e. The number of hydrogen-bond acceptors (Lipinski definition) is 6. The van der Waals surface area contributed by atoms with Gasteiger partial charge in [-0.15, -0.1) is 0 Å². The second-order valence-corrected chi connectivity index (χ2v) is 8.88. The SMILES string of the molecule is COc1ccc(-c2nc(CS(=O)(=O)CC(=O)NCCC(C)C)c(C)o2)cc1. The zero-order valence-corrected chi connectivity index (χ0v) is 16.9. The van der Waals surface area contributed by atoms with Crippen LogP contribution in [0, 0.1) is 12.8 Å². The first-order valence-electron chi connectivity index (χ1n) is 8.78. The third-order valence-electron chi connectivity index (χ3n) is 3.98. The first-order chi connectivity index (χ1) is 12.7. The summed E-state index contributed by atoms with van der Waals surface area (Å²) >= 11 is 0.